The van der Waals surface area contributed by atoms with Gasteiger partial charge in [-0.3, -0.25) is 4.79 Å². The molecule has 3 aromatic rings. The summed E-state index contributed by atoms with van der Waals surface area (Å²) in [4.78, 5) is 16.7. The largest absolute Gasteiger partial charge is 0.494 e. The Morgan fingerprint density at radius 1 is 1.15 bits per heavy atom. The van der Waals surface area contributed by atoms with Gasteiger partial charge in [-0.25, -0.2) is 4.98 Å². The molecule has 0 atom stereocenters. The van der Waals surface area contributed by atoms with Gasteiger partial charge in [0, 0.05) is 6.07 Å². The van der Waals surface area contributed by atoms with E-state index in [4.69, 9.17) is 13.9 Å². The molecular weight excluding hydrogens is 352 g/mol. The lowest BCUT2D eigenvalue weighted by Crippen LogP contribution is -2.15. The molecule has 136 valence electrons. The van der Waals surface area contributed by atoms with Gasteiger partial charge in [0.05, 0.1) is 24.7 Å². The summed E-state index contributed by atoms with van der Waals surface area (Å²) in [5.74, 6) is 1.29. The highest BCUT2D eigenvalue weighted by Crippen LogP contribution is 2.30. The van der Waals surface area contributed by atoms with Crippen molar-refractivity contribution >= 4 is 34.5 Å². The fourth-order valence-electron chi connectivity index (χ4n) is 2.37. The molecule has 6 nitrogen and oxygen atoms in total. The third-order valence-electron chi connectivity index (χ3n) is 3.44. The van der Waals surface area contributed by atoms with E-state index >= 15 is 0 Å². The van der Waals surface area contributed by atoms with E-state index in [0.717, 1.165) is 5.52 Å². The molecule has 0 unspecified atom stereocenters. The molecule has 0 radical (unpaired) electrons. The normalized spacial score (nSPS) is 10.7. The first-order chi connectivity index (χ1) is 12.7. The molecule has 2 aromatic carbocycles. The maximum Gasteiger partial charge on any atom is 0.257 e. The summed E-state index contributed by atoms with van der Waals surface area (Å²) in [6.45, 7) is 4.86. The van der Waals surface area contributed by atoms with Crippen LogP contribution in [0.25, 0.3) is 11.1 Å². The van der Waals surface area contributed by atoms with Gasteiger partial charge >= 0.3 is 0 Å². The van der Waals surface area contributed by atoms with Crippen molar-refractivity contribution in [3.05, 3.63) is 42.5 Å². The van der Waals surface area contributed by atoms with Crippen LogP contribution in [0, 0.1) is 0 Å². The number of anilines is 1. The molecule has 0 saturated carbocycles. The second-order valence-corrected chi connectivity index (χ2v) is 6.23. The number of thioether (sulfide) groups is 1. The number of aromatic nitrogens is 1. The van der Waals surface area contributed by atoms with E-state index < -0.39 is 0 Å². The number of hydrogen-bond acceptors (Lipinski definition) is 6. The Labute approximate surface area is 155 Å². The van der Waals surface area contributed by atoms with Gasteiger partial charge in [-0.1, -0.05) is 23.9 Å². The van der Waals surface area contributed by atoms with E-state index in [0.29, 0.717) is 41.2 Å². The minimum atomic E-state index is -0.174. The average Bonchev–Trinajstić information content (AvgIpc) is 3.05. The molecule has 3 rings (SSSR count). The SMILES string of the molecule is CCOc1ccc(OCC)c(NC(=O)CSc2nc3ccccc3o2)c1. The van der Waals surface area contributed by atoms with Crippen molar-refractivity contribution in [2.75, 3.05) is 24.3 Å². The number of para-hydroxylation sites is 2. The molecule has 0 bridgehead atoms. The molecule has 1 aromatic heterocycles. The maximum atomic E-state index is 12.3. The summed E-state index contributed by atoms with van der Waals surface area (Å²) in [7, 11) is 0. The number of oxazole rings is 1. The number of hydrogen-bond donors (Lipinski definition) is 1. The van der Waals surface area contributed by atoms with Gasteiger partial charge in [0.15, 0.2) is 5.58 Å². The van der Waals surface area contributed by atoms with Crippen LogP contribution in [0.5, 0.6) is 11.5 Å². The fourth-order valence-corrected chi connectivity index (χ4v) is 3.01. The molecule has 0 saturated heterocycles. The number of carbonyl (C=O) groups is 1. The smallest absolute Gasteiger partial charge is 0.257 e. The number of ether oxygens (including phenoxy) is 2. The van der Waals surface area contributed by atoms with Crippen LogP contribution >= 0.6 is 11.8 Å². The number of rotatable bonds is 8. The van der Waals surface area contributed by atoms with Crippen LogP contribution < -0.4 is 14.8 Å². The van der Waals surface area contributed by atoms with Crippen molar-refractivity contribution in [1.29, 1.82) is 0 Å². The molecule has 1 amide bonds. The second kappa shape index (κ2) is 8.62. The van der Waals surface area contributed by atoms with Gasteiger partial charge in [0.2, 0.25) is 5.91 Å². The fraction of sp³-hybridized carbons (Fsp3) is 0.263. The number of benzene rings is 2. The molecule has 26 heavy (non-hydrogen) atoms. The van der Waals surface area contributed by atoms with E-state index in [1.807, 2.05) is 44.2 Å². The number of nitrogens with zero attached hydrogens (tertiary/aromatic N) is 1. The van der Waals surface area contributed by atoms with Crippen molar-refractivity contribution in [2.24, 2.45) is 0 Å². The first-order valence-corrected chi connectivity index (χ1v) is 9.36. The Hall–Kier alpha value is -2.67. The lowest BCUT2D eigenvalue weighted by molar-refractivity contribution is -0.113. The maximum absolute atomic E-state index is 12.3. The first-order valence-electron chi connectivity index (χ1n) is 8.37. The zero-order valence-corrected chi connectivity index (χ0v) is 15.5. The highest BCUT2D eigenvalue weighted by atomic mass is 32.2. The van der Waals surface area contributed by atoms with Crippen LogP contribution in [-0.2, 0) is 4.79 Å². The summed E-state index contributed by atoms with van der Waals surface area (Å²) in [5.41, 5.74) is 2.07. The van der Waals surface area contributed by atoms with E-state index in [1.54, 1.807) is 12.1 Å². The van der Waals surface area contributed by atoms with E-state index in [9.17, 15) is 4.79 Å². The van der Waals surface area contributed by atoms with Gasteiger partial charge in [-0.15, -0.1) is 0 Å². The van der Waals surface area contributed by atoms with E-state index in [-0.39, 0.29) is 11.7 Å². The Balaban J connectivity index is 1.65. The zero-order valence-electron chi connectivity index (χ0n) is 14.7. The van der Waals surface area contributed by atoms with Gasteiger partial charge in [-0.05, 0) is 38.1 Å². The molecule has 0 aliphatic carbocycles. The quantitative estimate of drug-likeness (QED) is 0.593. The van der Waals surface area contributed by atoms with Crippen molar-refractivity contribution in [3.8, 4) is 11.5 Å². The third-order valence-corrected chi connectivity index (χ3v) is 4.27. The minimum Gasteiger partial charge on any atom is -0.494 e. The minimum absolute atomic E-state index is 0.174. The first kappa shape index (κ1) is 18.1. The second-order valence-electron chi connectivity index (χ2n) is 5.31. The summed E-state index contributed by atoms with van der Waals surface area (Å²) in [6, 6.07) is 12.9. The van der Waals surface area contributed by atoms with Crippen LogP contribution in [0.4, 0.5) is 5.69 Å². The third kappa shape index (κ3) is 4.49. The van der Waals surface area contributed by atoms with Crippen molar-refractivity contribution in [3.63, 3.8) is 0 Å². The predicted octanol–water partition coefficient (Wildman–Crippen LogP) is 4.36. The lowest BCUT2D eigenvalue weighted by atomic mass is 10.2. The Bertz CT molecular complexity index is 861. The Morgan fingerprint density at radius 2 is 1.96 bits per heavy atom. The van der Waals surface area contributed by atoms with Crippen LogP contribution in [0.1, 0.15) is 13.8 Å². The predicted molar refractivity (Wildman–Crippen MR) is 102 cm³/mol. The molecule has 0 spiro atoms. The van der Waals surface area contributed by atoms with Crippen molar-refractivity contribution in [2.45, 2.75) is 19.1 Å². The topological polar surface area (TPSA) is 73.6 Å². The Kier molecular flexibility index (Phi) is 6.01. The van der Waals surface area contributed by atoms with Crippen molar-refractivity contribution < 1.29 is 18.7 Å². The molecule has 1 N–H and O–H groups in total. The number of amides is 1. The summed E-state index contributed by atoms with van der Waals surface area (Å²) in [5, 5.41) is 3.33. The highest BCUT2D eigenvalue weighted by molar-refractivity contribution is 7.99. The number of fused-ring (bicyclic) bond motifs is 1. The summed E-state index contributed by atoms with van der Waals surface area (Å²) < 4.78 is 16.7. The van der Waals surface area contributed by atoms with Gasteiger partial charge in [0.1, 0.15) is 17.0 Å². The summed E-state index contributed by atoms with van der Waals surface area (Å²) >= 11 is 1.25. The van der Waals surface area contributed by atoms with Crippen LogP contribution in [0.3, 0.4) is 0 Å². The van der Waals surface area contributed by atoms with Crippen LogP contribution in [0.2, 0.25) is 0 Å². The molecular formula is C19H20N2O4S. The number of carbonyl (C=O) groups excluding carboxylic acids is 1. The molecule has 7 heteroatoms. The lowest BCUT2D eigenvalue weighted by Gasteiger charge is -2.13. The van der Waals surface area contributed by atoms with Gasteiger partial charge < -0.3 is 19.2 Å². The van der Waals surface area contributed by atoms with Gasteiger partial charge in [-0.2, -0.15) is 0 Å². The molecule has 0 aliphatic rings. The monoisotopic (exact) mass is 372 g/mol. The zero-order chi connectivity index (χ0) is 18.4. The standard InChI is InChI=1S/C19H20N2O4S/c1-3-23-13-9-10-16(24-4-2)15(11-13)20-18(22)12-26-19-21-14-7-5-6-8-17(14)25-19/h5-11H,3-4,12H2,1-2H3,(H,20,22). The number of nitrogens with one attached hydrogen (secondary N) is 1. The highest BCUT2D eigenvalue weighted by Gasteiger charge is 2.12. The Morgan fingerprint density at radius 3 is 2.73 bits per heavy atom. The van der Waals surface area contributed by atoms with Crippen LogP contribution in [-0.4, -0.2) is 29.9 Å². The molecule has 1 heterocycles. The van der Waals surface area contributed by atoms with Crippen molar-refractivity contribution in [1.82, 2.24) is 4.98 Å². The van der Waals surface area contributed by atoms with Gasteiger partial charge in [0.25, 0.3) is 5.22 Å². The molecule has 0 aliphatic heterocycles. The van der Waals surface area contributed by atoms with Crippen LogP contribution in [0.15, 0.2) is 52.1 Å². The average molecular weight is 372 g/mol. The van der Waals surface area contributed by atoms with E-state index in [1.165, 1.54) is 11.8 Å². The summed E-state index contributed by atoms with van der Waals surface area (Å²) in [6.07, 6.45) is 0. The molecule has 0 fully saturated rings. The van der Waals surface area contributed by atoms with E-state index in [2.05, 4.69) is 10.3 Å².